The molecule has 1 aliphatic heterocycles. The Morgan fingerprint density at radius 2 is 1.76 bits per heavy atom. The minimum atomic E-state index is -3.12. The van der Waals surface area contributed by atoms with Crippen molar-refractivity contribution in [3.63, 3.8) is 0 Å². The molecule has 3 heterocycles. The number of benzene rings is 2. The average molecular weight is 715 g/mol. The SMILES string of the molecule is O=C(CN1C(=O)c2ccc(OCc3cccnc3)cc2C1=O)OC(Cc1c(Cl)c[n+]([O-])cc1Cl)c1ccc(OC(F)F)c(OCC2CC2)c1. The molecule has 254 valence electrons. The Bertz CT molecular complexity index is 1870. The third-order valence-corrected chi connectivity index (χ3v) is 8.46. The van der Waals surface area contributed by atoms with Crippen molar-refractivity contribution in [2.45, 2.75) is 38.6 Å². The van der Waals surface area contributed by atoms with Crippen LogP contribution in [0, 0.1) is 11.1 Å². The van der Waals surface area contributed by atoms with Crippen molar-refractivity contribution in [2.75, 3.05) is 13.2 Å². The summed E-state index contributed by atoms with van der Waals surface area (Å²) >= 11 is 12.6. The van der Waals surface area contributed by atoms with Crippen molar-refractivity contribution >= 4 is 41.0 Å². The predicted molar refractivity (Wildman–Crippen MR) is 170 cm³/mol. The van der Waals surface area contributed by atoms with Gasteiger partial charge in [-0.15, -0.1) is 0 Å². The molecule has 0 N–H and O–H groups in total. The van der Waals surface area contributed by atoms with Crippen molar-refractivity contribution in [1.82, 2.24) is 9.88 Å². The fraction of sp³-hybridized carbons (Fsp3) is 0.265. The number of rotatable bonds is 14. The highest BCUT2D eigenvalue weighted by Crippen LogP contribution is 2.38. The van der Waals surface area contributed by atoms with Crippen LogP contribution in [-0.4, -0.2) is 47.4 Å². The smallest absolute Gasteiger partial charge is 0.387 e. The molecule has 2 aliphatic rings. The minimum Gasteiger partial charge on any atom is -0.619 e. The van der Waals surface area contributed by atoms with Crippen molar-refractivity contribution in [3.05, 3.63) is 116 Å². The molecule has 1 unspecified atom stereocenters. The lowest BCUT2D eigenvalue weighted by molar-refractivity contribution is -0.605. The topological polar surface area (TPSA) is 131 Å². The molecule has 0 bridgehead atoms. The van der Waals surface area contributed by atoms with Crippen LogP contribution in [-0.2, 0) is 22.6 Å². The predicted octanol–water partition coefficient (Wildman–Crippen LogP) is 6.11. The van der Waals surface area contributed by atoms with E-state index in [9.17, 15) is 28.4 Å². The van der Waals surface area contributed by atoms with Crippen molar-refractivity contribution in [1.29, 1.82) is 0 Å². The van der Waals surface area contributed by atoms with E-state index in [0.29, 0.717) is 10.5 Å². The molecule has 0 spiro atoms. The van der Waals surface area contributed by atoms with Crippen LogP contribution in [0.5, 0.6) is 17.2 Å². The van der Waals surface area contributed by atoms with Gasteiger partial charge in [0.25, 0.3) is 11.8 Å². The van der Waals surface area contributed by atoms with Gasteiger partial charge in [0.15, 0.2) is 23.9 Å². The molecule has 4 aromatic rings. The van der Waals surface area contributed by atoms with Gasteiger partial charge in [0.05, 0.1) is 17.7 Å². The van der Waals surface area contributed by atoms with E-state index in [1.54, 1.807) is 24.5 Å². The quantitative estimate of drug-likeness (QED) is 0.0657. The van der Waals surface area contributed by atoms with Crippen LogP contribution in [0.25, 0.3) is 0 Å². The minimum absolute atomic E-state index is 0.00435. The molecule has 1 fully saturated rings. The van der Waals surface area contributed by atoms with E-state index < -0.39 is 37.0 Å². The van der Waals surface area contributed by atoms with E-state index in [4.69, 9.17) is 37.4 Å². The summed E-state index contributed by atoms with van der Waals surface area (Å²) in [5.41, 5.74) is 1.47. The number of alkyl halides is 2. The third kappa shape index (κ3) is 8.18. The molecule has 1 saturated carbocycles. The van der Waals surface area contributed by atoms with Gasteiger partial charge >= 0.3 is 12.6 Å². The summed E-state index contributed by atoms with van der Waals surface area (Å²) in [7, 11) is 0. The normalized spacial score (nSPS) is 14.5. The van der Waals surface area contributed by atoms with E-state index in [-0.39, 0.29) is 69.4 Å². The summed E-state index contributed by atoms with van der Waals surface area (Å²) in [4.78, 5) is 44.7. The van der Waals surface area contributed by atoms with Gasteiger partial charge in [-0.1, -0.05) is 35.3 Å². The Balaban J connectivity index is 1.22. The Labute approximate surface area is 288 Å². The molecule has 2 amide bonds. The van der Waals surface area contributed by atoms with E-state index in [2.05, 4.69) is 9.72 Å². The zero-order valence-corrected chi connectivity index (χ0v) is 27.0. The number of amides is 2. The van der Waals surface area contributed by atoms with Crippen LogP contribution >= 0.6 is 23.2 Å². The number of hydrogen-bond acceptors (Lipinski definition) is 9. The molecular formula is C34H27Cl2F2N3O8. The maximum atomic E-state index is 13.4. The van der Waals surface area contributed by atoms with Gasteiger partial charge in [0.2, 0.25) is 0 Å². The van der Waals surface area contributed by atoms with Crippen LogP contribution in [0.4, 0.5) is 8.78 Å². The molecular weight excluding hydrogens is 687 g/mol. The second kappa shape index (κ2) is 14.6. The van der Waals surface area contributed by atoms with Crippen LogP contribution in [0.2, 0.25) is 10.0 Å². The van der Waals surface area contributed by atoms with Gasteiger partial charge < -0.3 is 24.2 Å². The second-order valence-corrected chi connectivity index (χ2v) is 12.2. The number of nitrogens with zero attached hydrogens (tertiary/aromatic N) is 3. The van der Waals surface area contributed by atoms with E-state index in [1.807, 2.05) is 6.07 Å². The van der Waals surface area contributed by atoms with Gasteiger partial charge in [0, 0.05) is 29.9 Å². The summed E-state index contributed by atoms with van der Waals surface area (Å²) in [6.07, 6.45) is 5.93. The summed E-state index contributed by atoms with van der Waals surface area (Å²) in [6.45, 7) is -3.42. The molecule has 15 heteroatoms. The first-order valence-electron chi connectivity index (χ1n) is 15.1. The largest absolute Gasteiger partial charge is 0.619 e. The number of hydrogen-bond donors (Lipinski definition) is 0. The fourth-order valence-electron chi connectivity index (χ4n) is 5.14. The Morgan fingerprint density at radius 3 is 2.45 bits per heavy atom. The number of esters is 1. The van der Waals surface area contributed by atoms with Gasteiger partial charge in [0.1, 0.15) is 35.1 Å². The van der Waals surface area contributed by atoms with E-state index in [0.717, 1.165) is 35.7 Å². The number of aromatic nitrogens is 2. The number of halogens is 4. The zero-order valence-electron chi connectivity index (χ0n) is 25.5. The lowest BCUT2D eigenvalue weighted by atomic mass is 10.0. The fourth-order valence-corrected chi connectivity index (χ4v) is 5.74. The van der Waals surface area contributed by atoms with E-state index in [1.165, 1.54) is 30.3 Å². The molecule has 1 aliphatic carbocycles. The number of fused-ring (bicyclic) bond motifs is 1. The average Bonchev–Trinajstić information content (AvgIpc) is 3.87. The Morgan fingerprint density at radius 1 is 1.00 bits per heavy atom. The molecule has 49 heavy (non-hydrogen) atoms. The van der Waals surface area contributed by atoms with Gasteiger partial charge in [-0.2, -0.15) is 13.5 Å². The standard InChI is InChI=1S/C34H27Cl2F2N3O8/c35-26-14-40(45)15-27(36)25(26)12-29(21-5-8-28(49-34(37)38)30(10-21)47-17-19-3-4-19)48-31(42)16-41-32(43)23-7-6-22(11-24(23)33(41)44)46-18-20-2-1-9-39-13-20/h1-2,5-11,13-15,19,29,34H,3-4,12,16-18H2. The maximum Gasteiger partial charge on any atom is 0.387 e. The van der Waals surface area contributed by atoms with Crippen LogP contribution < -0.4 is 18.9 Å². The number of carbonyl (C=O) groups excluding carboxylic acids is 3. The number of ether oxygens (including phenoxy) is 4. The summed E-state index contributed by atoms with van der Waals surface area (Å²) in [6, 6.07) is 12.0. The molecule has 6 rings (SSSR count). The van der Waals surface area contributed by atoms with Gasteiger partial charge in [-0.3, -0.25) is 24.3 Å². The number of carbonyl (C=O) groups is 3. The molecule has 2 aromatic heterocycles. The van der Waals surface area contributed by atoms with Crippen molar-refractivity contribution < 1.29 is 46.8 Å². The first-order chi connectivity index (χ1) is 23.5. The number of pyridine rings is 2. The first-order valence-corrected chi connectivity index (χ1v) is 15.8. The molecule has 1 atom stereocenters. The van der Waals surface area contributed by atoms with Crippen LogP contribution in [0.15, 0.2) is 73.3 Å². The van der Waals surface area contributed by atoms with E-state index >= 15 is 0 Å². The summed E-state index contributed by atoms with van der Waals surface area (Å²) in [5.74, 6) is -2.01. The third-order valence-electron chi connectivity index (χ3n) is 7.81. The highest BCUT2D eigenvalue weighted by molar-refractivity contribution is 6.35. The summed E-state index contributed by atoms with van der Waals surface area (Å²) in [5, 5.41) is 11.8. The number of imide groups is 1. The zero-order chi connectivity index (χ0) is 34.7. The Hall–Kier alpha value is -5.01. The lowest BCUT2D eigenvalue weighted by Crippen LogP contribution is -2.36. The monoisotopic (exact) mass is 713 g/mol. The molecule has 0 saturated heterocycles. The van der Waals surface area contributed by atoms with Crippen molar-refractivity contribution in [3.8, 4) is 17.2 Å². The molecule has 2 aromatic carbocycles. The highest BCUT2D eigenvalue weighted by Gasteiger charge is 2.38. The first kappa shape index (κ1) is 33.9. The summed E-state index contributed by atoms with van der Waals surface area (Å²) < 4.78 is 48.7. The van der Waals surface area contributed by atoms with Gasteiger partial charge in [-0.25, -0.2) is 0 Å². The van der Waals surface area contributed by atoms with Crippen LogP contribution in [0.3, 0.4) is 0 Å². The lowest BCUT2D eigenvalue weighted by Gasteiger charge is -2.22. The maximum absolute atomic E-state index is 13.4. The van der Waals surface area contributed by atoms with Crippen LogP contribution in [0.1, 0.15) is 56.4 Å². The second-order valence-electron chi connectivity index (χ2n) is 11.4. The molecule has 11 nitrogen and oxygen atoms in total. The van der Waals surface area contributed by atoms with Gasteiger partial charge in [-0.05, 0) is 60.7 Å². The molecule has 0 radical (unpaired) electrons. The van der Waals surface area contributed by atoms with Crippen molar-refractivity contribution in [2.24, 2.45) is 5.92 Å². The Kier molecular flexibility index (Phi) is 10.1. The highest BCUT2D eigenvalue weighted by atomic mass is 35.5.